The molecule has 0 heterocycles. The van der Waals surface area contributed by atoms with Crippen molar-refractivity contribution in [1.82, 2.24) is 5.32 Å². The molecule has 2 aromatic rings. The van der Waals surface area contributed by atoms with Gasteiger partial charge in [0.2, 0.25) is 5.91 Å². The van der Waals surface area contributed by atoms with Gasteiger partial charge >= 0.3 is 0 Å². The third-order valence-corrected chi connectivity index (χ3v) is 6.36. The van der Waals surface area contributed by atoms with E-state index in [4.69, 9.17) is 5.73 Å². The summed E-state index contributed by atoms with van der Waals surface area (Å²) in [7, 11) is 0. The second kappa shape index (κ2) is 6.76. The smallest absolute Gasteiger partial charge is 0.238 e. The van der Waals surface area contributed by atoms with E-state index >= 15 is 0 Å². The Morgan fingerprint density at radius 3 is 2.46 bits per heavy atom. The topological polar surface area (TPSA) is 75.4 Å². The fourth-order valence-corrected chi connectivity index (χ4v) is 5.09. The van der Waals surface area contributed by atoms with Crippen LogP contribution in [0.3, 0.4) is 0 Å². The fourth-order valence-electron chi connectivity index (χ4n) is 5.09. The van der Waals surface area contributed by atoms with Gasteiger partial charge in [0.05, 0.1) is 0 Å². The molecule has 1 saturated carbocycles. The summed E-state index contributed by atoms with van der Waals surface area (Å²) in [6.07, 6.45) is 4.53. The van der Waals surface area contributed by atoms with Crippen LogP contribution >= 0.6 is 0 Å². The number of carbonyl (C=O) groups is 1. The zero-order chi connectivity index (χ0) is 18.1. The van der Waals surface area contributed by atoms with Crippen molar-refractivity contribution in [2.24, 2.45) is 17.6 Å². The molecule has 3 atom stereocenters. The van der Waals surface area contributed by atoms with Crippen molar-refractivity contribution in [2.75, 3.05) is 6.54 Å². The molecular formula is C22H26N2O2. The summed E-state index contributed by atoms with van der Waals surface area (Å²) >= 11 is 0. The van der Waals surface area contributed by atoms with Crippen LogP contribution in [0, 0.1) is 11.8 Å². The highest BCUT2D eigenvalue weighted by atomic mass is 16.3. The molecule has 4 rings (SSSR count). The highest BCUT2D eigenvalue weighted by molar-refractivity contribution is 5.86. The van der Waals surface area contributed by atoms with Crippen LogP contribution in [0.15, 0.2) is 48.5 Å². The molecule has 0 spiro atoms. The van der Waals surface area contributed by atoms with Crippen LogP contribution in [0.4, 0.5) is 0 Å². The highest BCUT2D eigenvalue weighted by Gasteiger charge is 2.55. The van der Waals surface area contributed by atoms with Crippen molar-refractivity contribution in [3.63, 3.8) is 0 Å². The van der Waals surface area contributed by atoms with Gasteiger partial charge in [0, 0.05) is 6.54 Å². The number of phenols is 1. The standard InChI is InChI=1S/C22H26N2O2/c23-21(26)22(24-11-10-15-4-2-1-3-5-15)18-7-8-19(22)13-17-14-20(25)9-6-16(17)12-18/h1-6,9,14,18-19,24-25H,7-8,10-13H2,(H2,23,26). The molecule has 4 heteroatoms. The Morgan fingerprint density at radius 2 is 1.77 bits per heavy atom. The van der Waals surface area contributed by atoms with Crippen molar-refractivity contribution in [2.45, 2.75) is 37.6 Å². The first-order valence-electron chi connectivity index (χ1n) is 9.49. The summed E-state index contributed by atoms with van der Waals surface area (Å²) < 4.78 is 0. The Kier molecular flexibility index (Phi) is 4.45. The number of primary amides is 1. The molecule has 26 heavy (non-hydrogen) atoms. The lowest BCUT2D eigenvalue weighted by atomic mass is 9.78. The Labute approximate surface area is 154 Å². The van der Waals surface area contributed by atoms with Crippen molar-refractivity contribution in [1.29, 1.82) is 0 Å². The number of amides is 1. The number of nitrogens with two attached hydrogens (primary N) is 1. The molecule has 1 fully saturated rings. The second-order valence-electron chi connectivity index (χ2n) is 7.73. The molecule has 3 unspecified atom stereocenters. The Morgan fingerprint density at radius 1 is 1.08 bits per heavy atom. The van der Waals surface area contributed by atoms with Crippen LogP contribution in [0.1, 0.15) is 29.5 Å². The van der Waals surface area contributed by atoms with Crippen LogP contribution < -0.4 is 11.1 Å². The molecule has 2 aliphatic rings. The summed E-state index contributed by atoms with van der Waals surface area (Å²) in [4.78, 5) is 12.7. The lowest BCUT2D eigenvalue weighted by molar-refractivity contribution is -0.127. The number of hydrogen-bond acceptors (Lipinski definition) is 3. The molecule has 0 radical (unpaired) electrons. The molecule has 4 N–H and O–H groups in total. The number of phenolic OH excluding ortho intramolecular Hbond substituents is 1. The number of aromatic hydroxyl groups is 1. The average Bonchev–Trinajstić information content (AvgIpc) is 2.88. The first-order valence-corrected chi connectivity index (χ1v) is 9.49. The normalized spacial score (nSPS) is 26.9. The number of rotatable bonds is 5. The Balaban J connectivity index is 1.58. The lowest BCUT2D eigenvalue weighted by Crippen LogP contribution is -2.62. The van der Waals surface area contributed by atoms with Gasteiger partial charge in [-0.25, -0.2) is 0 Å². The molecule has 0 aliphatic heterocycles. The maximum atomic E-state index is 12.7. The number of hydrogen-bond donors (Lipinski definition) is 3. The minimum Gasteiger partial charge on any atom is -0.508 e. The zero-order valence-corrected chi connectivity index (χ0v) is 14.9. The van der Waals surface area contributed by atoms with Gasteiger partial charge in [-0.3, -0.25) is 4.79 Å². The van der Waals surface area contributed by atoms with Crippen molar-refractivity contribution in [3.05, 3.63) is 65.2 Å². The molecule has 1 amide bonds. The van der Waals surface area contributed by atoms with E-state index in [0.717, 1.165) is 44.2 Å². The van der Waals surface area contributed by atoms with E-state index in [1.807, 2.05) is 30.3 Å². The van der Waals surface area contributed by atoms with Gasteiger partial charge in [0.25, 0.3) is 0 Å². The quantitative estimate of drug-likeness (QED) is 0.776. The van der Waals surface area contributed by atoms with Gasteiger partial charge in [-0.2, -0.15) is 0 Å². The van der Waals surface area contributed by atoms with Crippen LogP contribution in [0.25, 0.3) is 0 Å². The monoisotopic (exact) mass is 350 g/mol. The largest absolute Gasteiger partial charge is 0.508 e. The predicted octanol–water partition coefficient (Wildman–Crippen LogP) is 2.57. The molecule has 2 aromatic carbocycles. The molecule has 2 bridgehead atoms. The van der Waals surface area contributed by atoms with Crippen LogP contribution in [-0.4, -0.2) is 23.1 Å². The number of benzene rings is 2. The van der Waals surface area contributed by atoms with Gasteiger partial charge in [-0.1, -0.05) is 36.4 Å². The fraction of sp³-hybridized carbons (Fsp3) is 0.409. The van der Waals surface area contributed by atoms with Crippen LogP contribution in [0.5, 0.6) is 5.75 Å². The van der Waals surface area contributed by atoms with Gasteiger partial charge in [-0.15, -0.1) is 0 Å². The van der Waals surface area contributed by atoms with Gasteiger partial charge in [-0.05, 0) is 72.8 Å². The third kappa shape index (κ3) is 2.88. The minimum atomic E-state index is -0.649. The van der Waals surface area contributed by atoms with E-state index in [9.17, 15) is 9.90 Å². The second-order valence-corrected chi connectivity index (χ2v) is 7.73. The summed E-state index contributed by atoms with van der Waals surface area (Å²) in [5.74, 6) is 0.466. The Hall–Kier alpha value is -2.33. The van der Waals surface area contributed by atoms with E-state index in [0.29, 0.717) is 5.75 Å². The summed E-state index contributed by atoms with van der Waals surface area (Å²) in [5, 5.41) is 13.4. The van der Waals surface area contributed by atoms with E-state index in [1.54, 1.807) is 6.07 Å². The van der Waals surface area contributed by atoms with Crippen LogP contribution in [0.2, 0.25) is 0 Å². The van der Waals surface area contributed by atoms with Crippen molar-refractivity contribution >= 4 is 5.91 Å². The summed E-state index contributed by atoms with van der Waals surface area (Å²) in [6.45, 7) is 0.738. The van der Waals surface area contributed by atoms with Crippen LogP contribution in [-0.2, 0) is 24.1 Å². The van der Waals surface area contributed by atoms with E-state index in [2.05, 4.69) is 17.4 Å². The summed E-state index contributed by atoms with van der Waals surface area (Å²) in [6, 6.07) is 15.9. The molecule has 136 valence electrons. The summed E-state index contributed by atoms with van der Waals surface area (Å²) in [5.41, 5.74) is 9.00. The van der Waals surface area contributed by atoms with Gasteiger partial charge in [0.1, 0.15) is 11.3 Å². The molecule has 2 aliphatic carbocycles. The lowest BCUT2D eigenvalue weighted by Gasteiger charge is -2.37. The molecular weight excluding hydrogens is 324 g/mol. The van der Waals surface area contributed by atoms with E-state index < -0.39 is 5.54 Å². The van der Waals surface area contributed by atoms with E-state index in [1.165, 1.54) is 11.1 Å². The number of fused-ring (bicyclic) bond motifs is 3. The zero-order valence-electron chi connectivity index (χ0n) is 14.9. The van der Waals surface area contributed by atoms with Gasteiger partial charge in [0.15, 0.2) is 0 Å². The Bertz CT molecular complexity index is 805. The third-order valence-electron chi connectivity index (χ3n) is 6.36. The number of carbonyl (C=O) groups excluding carboxylic acids is 1. The predicted molar refractivity (Wildman–Crippen MR) is 102 cm³/mol. The van der Waals surface area contributed by atoms with Gasteiger partial charge < -0.3 is 16.2 Å². The molecule has 0 saturated heterocycles. The first kappa shape index (κ1) is 17.1. The molecule has 4 nitrogen and oxygen atoms in total. The maximum absolute atomic E-state index is 12.7. The maximum Gasteiger partial charge on any atom is 0.238 e. The minimum absolute atomic E-state index is 0.184. The average molecular weight is 350 g/mol. The SMILES string of the molecule is NC(=O)C1(NCCc2ccccc2)C2CCC1Cc1cc(O)ccc1C2. The number of nitrogens with one attached hydrogen (secondary N) is 1. The first-order chi connectivity index (χ1) is 12.6. The van der Waals surface area contributed by atoms with E-state index in [-0.39, 0.29) is 17.7 Å². The van der Waals surface area contributed by atoms with Crippen molar-refractivity contribution < 1.29 is 9.90 Å². The molecule has 0 aromatic heterocycles. The highest BCUT2D eigenvalue weighted by Crippen LogP contribution is 2.47. The van der Waals surface area contributed by atoms with Crippen molar-refractivity contribution in [3.8, 4) is 5.75 Å².